The van der Waals surface area contributed by atoms with Crippen LogP contribution < -0.4 is 10.0 Å². The van der Waals surface area contributed by atoms with Gasteiger partial charge in [-0.25, -0.2) is 4.79 Å². The first-order valence-corrected chi connectivity index (χ1v) is 6.87. The van der Waals surface area contributed by atoms with Crippen molar-refractivity contribution < 1.29 is 29.2 Å². The number of aliphatic carboxylic acids is 2. The van der Waals surface area contributed by atoms with Gasteiger partial charge in [0, 0.05) is 12.0 Å². The molecule has 2 fully saturated rings. The fourth-order valence-corrected chi connectivity index (χ4v) is 2.86. The zero-order valence-corrected chi connectivity index (χ0v) is 11.8. The molecule has 2 unspecified atom stereocenters. The molecule has 7 nitrogen and oxygen atoms in total. The zero-order chi connectivity index (χ0) is 15.4. The maximum Gasteiger partial charge on any atom is 0.351 e. The highest BCUT2D eigenvalue weighted by molar-refractivity contribution is 6.26. The summed E-state index contributed by atoms with van der Waals surface area (Å²) in [4.78, 5) is 19.8. The molecule has 3 heterocycles. The monoisotopic (exact) mass is 294 g/mol. The topological polar surface area (TPSA) is 108 Å². The van der Waals surface area contributed by atoms with Gasteiger partial charge in [-0.1, -0.05) is 5.16 Å². The van der Waals surface area contributed by atoms with E-state index in [0.29, 0.717) is 0 Å². The molecular formula is C14H18N2O5. The standard InChI is InChI=1S/C12H16N2O.C2H2O4/c1-9-5-12(15-13-9)6-11-8-14-4-2-3-10(11)7-14;3-1(4)2(5)6/h5-6,10H,2-4,7-8H2,1H3;(H,3,4)(H,5,6)/b11-6+;. The molecule has 2 atom stereocenters. The van der Waals surface area contributed by atoms with E-state index in [-0.39, 0.29) is 0 Å². The summed E-state index contributed by atoms with van der Waals surface area (Å²) in [6.45, 7) is 5.86. The summed E-state index contributed by atoms with van der Waals surface area (Å²) in [7, 11) is 0. The largest absolute Gasteiger partial charge is 0.539 e. The van der Waals surface area contributed by atoms with Gasteiger partial charge in [0.1, 0.15) is 0 Å². The second-order valence-corrected chi connectivity index (χ2v) is 5.40. The molecule has 2 bridgehead atoms. The maximum atomic E-state index is 9.04. The molecule has 2 N–H and O–H groups in total. The molecule has 2 aliphatic rings. The lowest BCUT2D eigenvalue weighted by Gasteiger charge is -2.17. The van der Waals surface area contributed by atoms with Crippen LogP contribution in [0.25, 0.3) is 6.08 Å². The van der Waals surface area contributed by atoms with E-state index in [9.17, 15) is 0 Å². The average molecular weight is 294 g/mol. The van der Waals surface area contributed by atoms with Crippen molar-refractivity contribution >= 4 is 18.0 Å². The third-order valence-corrected chi connectivity index (χ3v) is 3.74. The molecule has 0 spiro atoms. The number of hydrogen-bond donors (Lipinski definition) is 2. The van der Waals surface area contributed by atoms with Crippen molar-refractivity contribution in [1.29, 1.82) is 0 Å². The molecule has 3 rings (SSSR count). The van der Waals surface area contributed by atoms with Crippen molar-refractivity contribution in [3.05, 3.63) is 23.1 Å². The SMILES string of the molecule is Cc1cc(/C=C2\C[NH+]3CCCC2C3)on1.O=C([O-])C(=O)O. The molecule has 0 aliphatic carbocycles. The van der Waals surface area contributed by atoms with E-state index in [1.165, 1.54) is 32.5 Å². The number of rotatable bonds is 1. The molecule has 0 saturated carbocycles. The van der Waals surface area contributed by atoms with Gasteiger partial charge in [0.05, 0.1) is 25.3 Å². The minimum atomic E-state index is -2.07. The predicted octanol–water partition coefficient (Wildman–Crippen LogP) is -1.50. The Kier molecular flexibility index (Phi) is 4.74. The highest BCUT2D eigenvalue weighted by Crippen LogP contribution is 2.23. The summed E-state index contributed by atoms with van der Waals surface area (Å²) >= 11 is 0. The molecule has 1 aromatic rings. The van der Waals surface area contributed by atoms with Gasteiger partial charge >= 0.3 is 5.97 Å². The van der Waals surface area contributed by atoms with Gasteiger partial charge in [-0.15, -0.1) is 0 Å². The maximum absolute atomic E-state index is 9.04. The van der Waals surface area contributed by atoms with E-state index >= 15 is 0 Å². The number of nitrogens with one attached hydrogen (secondary N) is 1. The van der Waals surface area contributed by atoms with E-state index in [4.69, 9.17) is 24.3 Å². The third kappa shape index (κ3) is 4.16. The Bertz CT molecular complexity index is 551. The number of aryl methyl sites for hydroxylation is 1. The molecule has 1 aromatic heterocycles. The number of carbonyl (C=O) groups is 2. The Morgan fingerprint density at radius 2 is 2.29 bits per heavy atom. The van der Waals surface area contributed by atoms with Gasteiger partial charge in [-0.2, -0.15) is 0 Å². The summed E-state index contributed by atoms with van der Waals surface area (Å²) in [5.74, 6) is -2.28. The van der Waals surface area contributed by atoms with E-state index in [0.717, 1.165) is 17.4 Å². The Morgan fingerprint density at radius 3 is 2.81 bits per heavy atom. The van der Waals surface area contributed by atoms with Gasteiger partial charge in [0.15, 0.2) is 11.7 Å². The minimum Gasteiger partial charge on any atom is -0.539 e. The summed E-state index contributed by atoms with van der Waals surface area (Å²) in [5, 5.41) is 20.2. The van der Waals surface area contributed by atoms with Crippen molar-refractivity contribution in [3.63, 3.8) is 0 Å². The van der Waals surface area contributed by atoms with Crippen LogP contribution in [0.1, 0.15) is 24.3 Å². The number of hydrogen-bond acceptors (Lipinski definition) is 5. The minimum absolute atomic E-state index is 0.805. The number of quaternary nitrogens is 1. The Labute approximate surface area is 121 Å². The van der Waals surface area contributed by atoms with Gasteiger partial charge in [-0.05, 0) is 31.4 Å². The van der Waals surface area contributed by atoms with Crippen LogP contribution in [0.4, 0.5) is 0 Å². The summed E-state index contributed by atoms with van der Waals surface area (Å²) in [6, 6.07) is 2.01. The molecule has 2 aliphatic heterocycles. The summed E-state index contributed by atoms with van der Waals surface area (Å²) in [5.41, 5.74) is 2.54. The van der Waals surface area contributed by atoms with Gasteiger partial charge in [-0.3, -0.25) is 0 Å². The number of fused-ring (bicyclic) bond motifs is 2. The first-order chi connectivity index (χ1) is 9.95. The third-order valence-electron chi connectivity index (χ3n) is 3.74. The number of piperidine rings is 1. The van der Waals surface area contributed by atoms with Gasteiger partial charge in [0.25, 0.3) is 0 Å². The van der Waals surface area contributed by atoms with Crippen molar-refractivity contribution in [2.24, 2.45) is 5.92 Å². The highest BCUT2D eigenvalue weighted by atomic mass is 16.5. The quantitative estimate of drug-likeness (QED) is 0.610. The lowest BCUT2D eigenvalue weighted by Crippen LogP contribution is -3.10. The molecule has 2 saturated heterocycles. The molecule has 7 heteroatoms. The Morgan fingerprint density at radius 1 is 1.57 bits per heavy atom. The number of aromatic nitrogens is 1. The highest BCUT2D eigenvalue weighted by Gasteiger charge is 2.34. The lowest BCUT2D eigenvalue weighted by atomic mass is 9.96. The second-order valence-electron chi connectivity index (χ2n) is 5.40. The van der Waals surface area contributed by atoms with Gasteiger partial charge in [0.2, 0.25) is 0 Å². The van der Waals surface area contributed by atoms with Crippen molar-refractivity contribution in [3.8, 4) is 0 Å². The van der Waals surface area contributed by atoms with Crippen LogP contribution in [-0.4, -0.2) is 41.8 Å². The summed E-state index contributed by atoms with van der Waals surface area (Å²) in [6.07, 6.45) is 4.96. The second kappa shape index (κ2) is 6.53. The van der Waals surface area contributed by atoms with Crippen LogP contribution >= 0.6 is 0 Å². The zero-order valence-electron chi connectivity index (χ0n) is 11.8. The number of carbonyl (C=O) groups excluding carboxylic acids is 1. The smallest absolute Gasteiger partial charge is 0.351 e. The van der Waals surface area contributed by atoms with Gasteiger partial charge < -0.3 is 24.4 Å². The first-order valence-electron chi connectivity index (χ1n) is 6.87. The number of nitrogens with zero attached hydrogens (tertiary/aromatic N) is 1. The first kappa shape index (κ1) is 15.2. The molecule has 0 radical (unpaired) electrons. The van der Waals surface area contributed by atoms with Crippen LogP contribution in [0, 0.1) is 12.8 Å². The van der Waals surface area contributed by atoms with E-state index in [1.54, 1.807) is 10.5 Å². The van der Waals surface area contributed by atoms with Crippen LogP contribution in [0.15, 0.2) is 16.2 Å². The summed E-state index contributed by atoms with van der Waals surface area (Å²) < 4.78 is 5.24. The van der Waals surface area contributed by atoms with E-state index in [2.05, 4.69) is 11.2 Å². The molecule has 0 amide bonds. The van der Waals surface area contributed by atoms with Crippen LogP contribution in [0.2, 0.25) is 0 Å². The Balaban J connectivity index is 0.000000232. The average Bonchev–Trinajstić information content (AvgIpc) is 2.95. The van der Waals surface area contributed by atoms with Crippen LogP contribution in [0.5, 0.6) is 0 Å². The lowest BCUT2D eigenvalue weighted by molar-refractivity contribution is -0.890. The van der Waals surface area contributed by atoms with Crippen LogP contribution in [-0.2, 0) is 9.59 Å². The molecule has 0 aromatic carbocycles. The van der Waals surface area contributed by atoms with Crippen molar-refractivity contribution in [1.82, 2.24) is 5.16 Å². The van der Waals surface area contributed by atoms with E-state index in [1.807, 2.05) is 13.0 Å². The van der Waals surface area contributed by atoms with Crippen molar-refractivity contribution in [2.45, 2.75) is 19.8 Å². The fourth-order valence-electron chi connectivity index (χ4n) is 2.86. The van der Waals surface area contributed by atoms with Crippen molar-refractivity contribution in [2.75, 3.05) is 19.6 Å². The molecule has 21 heavy (non-hydrogen) atoms. The number of carboxylic acids is 2. The molecule has 114 valence electrons. The predicted molar refractivity (Wildman–Crippen MR) is 70.1 cm³/mol. The fraction of sp³-hybridized carbons (Fsp3) is 0.500. The Hall–Kier alpha value is -2.15. The molecular weight excluding hydrogens is 276 g/mol. The number of carboxylic acid groups (broad SMARTS) is 2. The van der Waals surface area contributed by atoms with Crippen LogP contribution in [0.3, 0.4) is 0 Å². The normalized spacial score (nSPS) is 25.3. The van der Waals surface area contributed by atoms with E-state index < -0.39 is 11.9 Å².